The molecule has 4 aromatic rings. The topological polar surface area (TPSA) is 79.8 Å². The van der Waals surface area contributed by atoms with Gasteiger partial charge in [0.2, 0.25) is 0 Å². The van der Waals surface area contributed by atoms with E-state index in [1.54, 1.807) is 0 Å². The molecule has 6 rings (SSSR count). The number of H-pyrrole nitrogens is 1. The fraction of sp³-hybridized carbons (Fsp3) is 0.406. The van der Waals surface area contributed by atoms with E-state index in [0.29, 0.717) is 17.6 Å². The SMILES string of the molecule is CN(CC[N+](C)(C)C)Cc1ccc(-c2ccc(-c3cc4nc(O[C@@H]5CO[C@H]6[C@@H]5OC[C@H]6O)[nH]c4cc3Cl)cc2)cc1. The highest BCUT2D eigenvalue weighted by molar-refractivity contribution is 6.34. The number of aliphatic hydroxyl groups excluding tert-OH is 1. The number of hydrogen-bond acceptors (Lipinski definition) is 6. The van der Waals surface area contributed by atoms with Crippen molar-refractivity contribution in [3.8, 4) is 28.3 Å². The van der Waals surface area contributed by atoms with Crippen LogP contribution < -0.4 is 4.74 Å². The Morgan fingerprint density at radius 1 is 0.976 bits per heavy atom. The monoisotopic (exact) mass is 577 g/mol. The number of hydrogen-bond donors (Lipinski definition) is 2. The van der Waals surface area contributed by atoms with E-state index in [1.807, 2.05) is 12.1 Å². The minimum absolute atomic E-state index is 0.257. The molecule has 0 unspecified atom stereocenters. The molecule has 2 saturated heterocycles. The number of aromatic nitrogens is 2. The highest BCUT2D eigenvalue weighted by Gasteiger charge is 2.48. The molecule has 0 aliphatic carbocycles. The van der Waals surface area contributed by atoms with Crippen LogP contribution in [0.2, 0.25) is 5.02 Å². The first-order valence-corrected chi connectivity index (χ1v) is 14.5. The van der Waals surface area contributed by atoms with Crippen LogP contribution in [-0.2, 0) is 16.0 Å². The second-order valence-corrected chi connectivity index (χ2v) is 12.6. The van der Waals surface area contributed by atoms with Gasteiger partial charge in [0.25, 0.3) is 6.01 Å². The Balaban J connectivity index is 1.13. The Bertz CT molecular complexity index is 1500. The summed E-state index contributed by atoms with van der Waals surface area (Å²) in [5.41, 5.74) is 7.11. The number of benzene rings is 3. The van der Waals surface area contributed by atoms with Gasteiger partial charge in [-0.25, -0.2) is 0 Å². The summed E-state index contributed by atoms with van der Waals surface area (Å²) in [7, 11) is 8.86. The fourth-order valence-corrected chi connectivity index (χ4v) is 5.75. The molecule has 0 radical (unpaired) electrons. The van der Waals surface area contributed by atoms with Gasteiger partial charge in [0.05, 0.1) is 57.0 Å². The normalized spacial score (nSPS) is 22.5. The lowest BCUT2D eigenvalue weighted by Gasteiger charge is -2.27. The molecule has 41 heavy (non-hydrogen) atoms. The first kappa shape index (κ1) is 28.2. The number of nitrogens with one attached hydrogen (secondary N) is 1. The molecule has 4 atom stereocenters. The zero-order valence-corrected chi connectivity index (χ0v) is 24.8. The number of aromatic amines is 1. The quantitative estimate of drug-likeness (QED) is 0.283. The average Bonchev–Trinajstić information content (AvgIpc) is 3.64. The van der Waals surface area contributed by atoms with E-state index in [9.17, 15) is 5.11 Å². The van der Waals surface area contributed by atoms with E-state index < -0.39 is 6.10 Å². The van der Waals surface area contributed by atoms with Gasteiger partial charge in [-0.2, -0.15) is 4.98 Å². The predicted molar refractivity (Wildman–Crippen MR) is 161 cm³/mol. The summed E-state index contributed by atoms with van der Waals surface area (Å²) < 4.78 is 18.3. The van der Waals surface area contributed by atoms with Crippen LogP contribution in [0.5, 0.6) is 6.01 Å². The van der Waals surface area contributed by atoms with Gasteiger partial charge in [0, 0.05) is 18.7 Å². The molecule has 0 bridgehead atoms. The Hall–Kier alpha value is -2.98. The van der Waals surface area contributed by atoms with Crippen LogP contribution in [0.1, 0.15) is 5.56 Å². The van der Waals surface area contributed by atoms with Crippen molar-refractivity contribution in [3.05, 3.63) is 71.2 Å². The van der Waals surface area contributed by atoms with Gasteiger partial charge < -0.3 is 28.8 Å². The molecule has 9 heteroatoms. The Morgan fingerprint density at radius 2 is 1.63 bits per heavy atom. The van der Waals surface area contributed by atoms with E-state index in [4.69, 9.17) is 25.8 Å². The highest BCUT2D eigenvalue weighted by Crippen LogP contribution is 2.35. The average molecular weight is 578 g/mol. The van der Waals surface area contributed by atoms with Gasteiger partial charge in [0.15, 0.2) is 6.10 Å². The van der Waals surface area contributed by atoms with Crippen LogP contribution in [0, 0.1) is 0 Å². The van der Waals surface area contributed by atoms with Crippen molar-refractivity contribution in [2.75, 3.05) is 54.5 Å². The van der Waals surface area contributed by atoms with Crippen molar-refractivity contribution in [3.63, 3.8) is 0 Å². The number of ether oxygens (including phenoxy) is 3. The zero-order chi connectivity index (χ0) is 28.7. The number of nitrogens with zero attached hydrogens (tertiary/aromatic N) is 3. The van der Waals surface area contributed by atoms with Crippen molar-refractivity contribution in [2.45, 2.75) is 31.0 Å². The molecule has 3 heterocycles. The second kappa shape index (κ2) is 11.4. The molecule has 0 amide bonds. The van der Waals surface area contributed by atoms with Crippen LogP contribution in [0.3, 0.4) is 0 Å². The third kappa shape index (κ3) is 6.28. The van der Waals surface area contributed by atoms with Gasteiger partial charge in [-0.15, -0.1) is 0 Å². The number of quaternary nitrogens is 1. The fourth-order valence-electron chi connectivity index (χ4n) is 5.48. The number of likely N-dealkylation sites (N-methyl/N-ethyl adjacent to an activating group) is 2. The van der Waals surface area contributed by atoms with Crippen LogP contribution in [-0.4, -0.2) is 103 Å². The van der Waals surface area contributed by atoms with Gasteiger partial charge in [0.1, 0.15) is 18.3 Å². The molecule has 0 saturated carbocycles. The summed E-state index contributed by atoms with van der Waals surface area (Å²) in [6.45, 7) is 3.72. The van der Waals surface area contributed by atoms with Gasteiger partial charge >= 0.3 is 0 Å². The van der Waals surface area contributed by atoms with Crippen molar-refractivity contribution >= 4 is 22.6 Å². The smallest absolute Gasteiger partial charge is 0.295 e. The molecule has 216 valence electrons. The molecular weight excluding hydrogens is 540 g/mol. The number of aliphatic hydroxyl groups is 1. The third-order valence-corrected chi connectivity index (χ3v) is 8.19. The summed E-state index contributed by atoms with van der Waals surface area (Å²) in [6.07, 6.45) is -1.60. The lowest BCUT2D eigenvalue weighted by molar-refractivity contribution is -0.869. The van der Waals surface area contributed by atoms with Crippen molar-refractivity contribution in [1.82, 2.24) is 14.9 Å². The van der Waals surface area contributed by atoms with E-state index in [-0.39, 0.29) is 24.9 Å². The molecule has 2 aliphatic heterocycles. The standard InChI is InChI=1S/C32H38ClN4O4/c1-36(13-14-37(2,3)4)17-20-5-7-21(8-6-20)22-9-11-23(12-10-22)24-15-26-27(16-25(24)33)35-32(34-26)41-29-19-40-30-28(38)18-39-31(29)30/h5-12,15-16,28-31,38H,13-14,17-19H2,1-4H3,(H,34,35)/q+1/t28-,29-,30-,31-/m1/s1. The third-order valence-electron chi connectivity index (χ3n) is 7.88. The highest BCUT2D eigenvalue weighted by atomic mass is 35.5. The summed E-state index contributed by atoms with van der Waals surface area (Å²) in [6, 6.07) is 21.5. The van der Waals surface area contributed by atoms with Crippen molar-refractivity contribution in [2.24, 2.45) is 0 Å². The number of imidazole rings is 1. The van der Waals surface area contributed by atoms with Gasteiger partial charge in [-0.1, -0.05) is 60.1 Å². The lowest BCUT2D eigenvalue weighted by atomic mass is 9.99. The molecule has 2 fully saturated rings. The van der Waals surface area contributed by atoms with Crippen LogP contribution >= 0.6 is 11.6 Å². The Kier molecular flexibility index (Phi) is 7.80. The minimum atomic E-state index is -0.619. The van der Waals surface area contributed by atoms with E-state index in [0.717, 1.165) is 51.8 Å². The van der Waals surface area contributed by atoms with Gasteiger partial charge in [-0.05, 0) is 41.4 Å². The molecule has 3 aromatic carbocycles. The largest absolute Gasteiger partial charge is 0.456 e. The Morgan fingerprint density at radius 3 is 2.34 bits per heavy atom. The summed E-state index contributed by atoms with van der Waals surface area (Å²) in [5, 5.41) is 10.6. The van der Waals surface area contributed by atoms with Crippen LogP contribution in [0.15, 0.2) is 60.7 Å². The zero-order valence-electron chi connectivity index (χ0n) is 24.0. The van der Waals surface area contributed by atoms with Gasteiger partial charge in [-0.3, -0.25) is 4.90 Å². The number of rotatable bonds is 9. The Labute approximate surface area is 246 Å². The molecule has 8 nitrogen and oxygen atoms in total. The number of fused-ring (bicyclic) bond motifs is 2. The molecule has 1 aromatic heterocycles. The maximum atomic E-state index is 9.98. The predicted octanol–water partition coefficient (Wildman–Crippen LogP) is 4.59. The lowest BCUT2D eigenvalue weighted by Crippen LogP contribution is -2.40. The molecule has 2 aliphatic rings. The van der Waals surface area contributed by atoms with E-state index in [1.165, 1.54) is 11.1 Å². The summed E-state index contributed by atoms with van der Waals surface area (Å²) in [4.78, 5) is 10.2. The first-order valence-electron chi connectivity index (χ1n) is 14.1. The summed E-state index contributed by atoms with van der Waals surface area (Å²) >= 11 is 6.71. The number of halogens is 1. The minimum Gasteiger partial charge on any atom is -0.456 e. The molecule has 2 N–H and O–H groups in total. The van der Waals surface area contributed by atoms with Crippen molar-refractivity contribution in [1.29, 1.82) is 0 Å². The summed E-state index contributed by atoms with van der Waals surface area (Å²) in [5.74, 6) is 0. The second-order valence-electron chi connectivity index (χ2n) is 12.2. The van der Waals surface area contributed by atoms with Crippen LogP contribution in [0.4, 0.5) is 0 Å². The van der Waals surface area contributed by atoms with E-state index >= 15 is 0 Å². The van der Waals surface area contributed by atoms with Crippen molar-refractivity contribution < 1.29 is 23.8 Å². The first-order chi connectivity index (χ1) is 19.6. The van der Waals surface area contributed by atoms with E-state index in [2.05, 4.69) is 91.6 Å². The molecular formula is C32H38ClN4O4+. The van der Waals surface area contributed by atoms with Crippen LogP contribution in [0.25, 0.3) is 33.3 Å². The molecule has 0 spiro atoms. The maximum absolute atomic E-state index is 9.98. The maximum Gasteiger partial charge on any atom is 0.295 e.